The Morgan fingerprint density at radius 1 is 0.763 bits per heavy atom. The van der Waals surface area contributed by atoms with Gasteiger partial charge in [-0.05, 0) is 43.3 Å². The van der Waals surface area contributed by atoms with Gasteiger partial charge in [-0.1, -0.05) is 64.1 Å². The highest BCUT2D eigenvalue weighted by atomic mass is 35.5. The lowest BCUT2D eigenvalue weighted by Crippen LogP contribution is -2.22. The minimum absolute atomic E-state index is 0.0386. The highest BCUT2D eigenvalue weighted by Crippen LogP contribution is 2.42. The summed E-state index contributed by atoms with van der Waals surface area (Å²) in [7, 11) is 0. The van der Waals surface area contributed by atoms with E-state index >= 15 is 0 Å². The van der Waals surface area contributed by atoms with Crippen LogP contribution in [0.15, 0.2) is 47.4 Å². The molecule has 0 saturated heterocycles. The Labute approximate surface area is 245 Å². The topological polar surface area (TPSA) is 133 Å². The number of amides is 2. The van der Waals surface area contributed by atoms with Crippen molar-refractivity contribution in [2.24, 2.45) is 0 Å². The van der Waals surface area contributed by atoms with Crippen molar-refractivity contribution < 1.29 is 29.4 Å². The smallest absolute Gasteiger partial charge is 0.338 e. The van der Waals surface area contributed by atoms with Gasteiger partial charge in [0.05, 0.1) is 47.1 Å². The molecule has 0 aliphatic heterocycles. The van der Waals surface area contributed by atoms with E-state index in [1.807, 2.05) is 0 Å². The number of rotatable bonds is 8. The first-order valence-electron chi connectivity index (χ1n) is 10.3. The molecule has 198 valence electrons. The summed E-state index contributed by atoms with van der Waals surface area (Å²) in [6.07, 6.45) is 0. The summed E-state index contributed by atoms with van der Waals surface area (Å²) < 4.78 is 0. The van der Waals surface area contributed by atoms with Gasteiger partial charge in [0, 0.05) is 16.3 Å². The Morgan fingerprint density at radius 3 is 1.97 bits per heavy atom. The number of carboxylic acid groups (broad SMARTS) is 2. The highest BCUT2D eigenvalue weighted by Gasteiger charge is 2.29. The predicted molar refractivity (Wildman–Crippen MR) is 150 cm³/mol. The van der Waals surface area contributed by atoms with Crippen LogP contribution >= 0.6 is 69.8 Å². The van der Waals surface area contributed by atoms with Crippen molar-refractivity contribution >= 4 is 105 Å². The number of thioether (sulfide) groups is 1. The third-order valence-corrected chi connectivity index (χ3v) is 8.17. The number of carbonyl (C=O) groups excluding carboxylic acids is 2. The highest BCUT2D eigenvalue weighted by molar-refractivity contribution is 8.00. The number of hydrogen-bond donors (Lipinski definition) is 4. The fourth-order valence-corrected chi connectivity index (χ4v) is 5.30. The Kier molecular flexibility index (Phi) is 9.80. The van der Waals surface area contributed by atoms with E-state index in [9.17, 15) is 29.4 Å². The minimum atomic E-state index is -1.53. The van der Waals surface area contributed by atoms with Gasteiger partial charge in [-0.2, -0.15) is 0 Å². The second-order valence-corrected chi connectivity index (χ2v) is 10.9. The molecule has 1 unspecified atom stereocenters. The molecule has 0 aromatic heterocycles. The molecule has 0 spiro atoms. The summed E-state index contributed by atoms with van der Waals surface area (Å²) in [5, 5.41) is 22.0. The van der Waals surface area contributed by atoms with Crippen LogP contribution in [0.25, 0.3) is 0 Å². The first-order valence-corrected chi connectivity index (χ1v) is 13.1. The van der Waals surface area contributed by atoms with Crippen molar-refractivity contribution in [1.29, 1.82) is 0 Å². The summed E-state index contributed by atoms with van der Waals surface area (Å²) in [4.78, 5) is 49.3. The van der Waals surface area contributed by atoms with Gasteiger partial charge in [-0.25, -0.2) is 9.59 Å². The maximum Gasteiger partial charge on any atom is 0.338 e. The molecule has 0 radical (unpaired) electrons. The zero-order valence-corrected chi connectivity index (χ0v) is 23.5. The molecule has 3 aromatic rings. The largest absolute Gasteiger partial charge is 0.478 e. The number of nitrogens with one attached hydrogen (secondary N) is 2. The maximum atomic E-state index is 13.0. The summed E-state index contributed by atoms with van der Waals surface area (Å²) in [6.45, 7) is 1.63. The second kappa shape index (κ2) is 12.5. The van der Waals surface area contributed by atoms with Gasteiger partial charge in [0.25, 0.3) is 5.91 Å². The molecule has 3 rings (SSSR count). The molecule has 0 saturated carbocycles. The van der Waals surface area contributed by atoms with Crippen molar-refractivity contribution in [3.05, 3.63) is 84.3 Å². The Hall–Kier alpha value is -2.66. The molecule has 4 N–H and O–H groups in total. The monoisotopic (exact) mass is 634 g/mol. The average Bonchev–Trinajstić information content (AvgIpc) is 2.85. The fourth-order valence-electron chi connectivity index (χ4n) is 3.15. The number of aromatic carboxylic acids is 2. The molecule has 0 fully saturated rings. The van der Waals surface area contributed by atoms with E-state index in [0.717, 1.165) is 11.8 Å². The Bertz CT molecular complexity index is 1480. The van der Waals surface area contributed by atoms with Crippen LogP contribution in [0.2, 0.25) is 25.1 Å². The average molecular weight is 637 g/mol. The van der Waals surface area contributed by atoms with Crippen molar-refractivity contribution in [1.82, 2.24) is 0 Å². The first-order chi connectivity index (χ1) is 17.8. The molecule has 2 amide bonds. The standard InChI is InChI=1S/C24H15Cl5N2O6S/c1-9(21(32)30-11-5-6-14(25)13(8-11)23(34)35)38-12-4-2-3-10(7-12)31-22(33)15-16(24(36)37)18(27)20(29)19(28)17(15)26/h2-9H,1H3,(H,30,32)(H,31,33)(H,34,35)(H,36,37). The molecule has 14 heteroatoms. The van der Waals surface area contributed by atoms with Crippen LogP contribution in [-0.4, -0.2) is 39.2 Å². The molecule has 0 heterocycles. The van der Waals surface area contributed by atoms with Gasteiger partial charge >= 0.3 is 11.9 Å². The van der Waals surface area contributed by atoms with E-state index in [2.05, 4.69) is 10.6 Å². The lowest BCUT2D eigenvalue weighted by atomic mass is 10.1. The zero-order valence-electron chi connectivity index (χ0n) is 18.9. The number of anilines is 2. The van der Waals surface area contributed by atoms with Crippen LogP contribution in [0.3, 0.4) is 0 Å². The van der Waals surface area contributed by atoms with E-state index < -0.39 is 45.2 Å². The first kappa shape index (κ1) is 29.9. The number of carboxylic acids is 2. The van der Waals surface area contributed by atoms with Crippen LogP contribution in [0, 0.1) is 0 Å². The summed E-state index contributed by atoms with van der Waals surface area (Å²) in [5.41, 5.74) is -0.689. The molecule has 1 atom stereocenters. The van der Waals surface area contributed by atoms with E-state index in [1.54, 1.807) is 31.2 Å². The van der Waals surface area contributed by atoms with Crippen LogP contribution in [0.4, 0.5) is 11.4 Å². The van der Waals surface area contributed by atoms with Crippen molar-refractivity contribution in [3.63, 3.8) is 0 Å². The van der Waals surface area contributed by atoms with Crippen LogP contribution in [0.5, 0.6) is 0 Å². The normalized spacial score (nSPS) is 11.5. The molecule has 38 heavy (non-hydrogen) atoms. The van der Waals surface area contributed by atoms with Gasteiger partial charge in [0.15, 0.2) is 0 Å². The van der Waals surface area contributed by atoms with Gasteiger partial charge in [0.2, 0.25) is 5.91 Å². The van der Waals surface area contributed by atoms with Crippen molar-refractivity contribution in [3.8, 4) is 0 Å². The van der Waals surface area contributed by atoms with E-state index in [1.165, 1.54) is 18.2 Å². The van der Waals surface area contributed by atoms with E-state index in [4.69, 9.17) is 58.0 Å². The van der Waals surface area contributed by atoms with Crippen molar-refractivity contribution in [2.75, 3.05) is 10.6 Å². The van der Waals surface area contributed by atoms with Crippen LogP contribution < -0.4 is 10.6 Å². The minimum Gasteiger partial charge on any atom is -0.478 e. The lowest BCUT2D eigenvalue weighted by Gasteiger charge is -2.15. The quantitative estimate of drug-likeness (QED) is 0.113. The number of benzene rings is 3. The SMILES string of the molecule is CC(Sc1cccc(NC(=O)c2c(Cl)c(Cl)c(Cl)c(Cl)c2C(=O)O)c1)C(=O)Nc1ccc(Cl)c(C(=O)O)c1. The molecule has 0 bridgehead atoms. The zero-order chi connectivity index (χ0) is 28.3. The second-order valence-electron chi connectivity index (χ2n) is 7.54. The number of halogens is 5. The summed E-state index contributed by atoms with van der Waals surface area (Å²) >= 11 is 31.1. The number of carbonyl (C=O) groups is 4. The van der Waals surface area contributed by atoms with Crippen LogP contribution in [0.1, 0.15) is 38.0 Å². The summed E-state index contributed by atoms with van der Waals surface area (Å²) in [6, 6.07) is 10.5. The van der Waals surface area contributed by atoms with Gasteiger partial charge in [0.1, 0.15) is 0 Å². The summed E-state index contributed by atoms with van der Waals surface area (Å²) in [5.74, 6) is -4.06. The molecule has 0 aliphatic rings. The van der Waals surface area contributed by atoms with E-state index in [-0.39, 0.29) is 37.0 Å². The van der Waals surface area contributed by atoms with Gasteiger partial charge in [-0.15, -0.1) is 11.8 Å². The van der Waals surface area contributed by atoms with E-state index in [0.29, 0.717) is 4.90 Å². The third-order valence-electron chi connectivity index (χ3n) is 4.95. The Balaban J connectivity index is 1.77. The molecule has 0 aliphatic carbocycles. The lowest BCUT2D eigenvalue weighted by molar-refractivity contribution is -0.115. The molecule has 3 aromatic carbocycles. The molecule has 8 nitrogen and oxygen atoms in total. The third kappa shape index (κ3) is 6.66. The number of hydrogen-bond acceptors (Lipinski definition) is 5. The maximum absolute atomic E-state index is 13.0. The molecular formula is C24H15Cl5N2O6S. The van der Waals surface area contributed by atoms with Gasteiger partial charge < -0.3 is 20.8 Å². The fraction of sp³-hybridized carbons (Fsp3) is 0.0833. The Morgan fingerprint density at radius 2 is 1.37 bits per heavy atom. The van der Waals surface area contributed by atoms with Crippen molar-refractivity contribution in [2.45, 2.75) is 17.1 Å². The van der Waals surface area contributed by atoms with Gasteiger partial charge in [-0.3, -0.25) is 9.59 Å². The van der Waals surface area contributed by atoms with Crippen LogP contribution in [-0.2, 0) is 4.79 Å². The molecular weight excluding hydrogens is 622 g/mol. The predicted octanol–water partition coefficient (Wildman–Crippen LogP) is 7.72.